The first-order valence-electron chi connectivity index (χ1n) is 8.00. The van der Waals surface area contributed by atoms with Gasteiger partial charge in [-0.15, -0.1) is 11.8 Å². The summed E-state index contributed by atoms with van der Waals surface area (Å²) in [5, 5.41) is 9.53. The Kier molecular flexibility index (Phi) is 3.23. The van der Waals surface area contributed by atoms with Gasteiger partial charge in [-0.05, 0) is 49.9 Å². The van der Waals surface area contributed by atoms with E-state index in [1.807, 2.05) is 0 Å². The zero-order valence-electron chi connectivity index (χ0n) is 12.0. The van der Waals surface area contributed by atoms with Crippen molar-refractivity contribution in [3.05, 3.63) is 0 Å². The van der Waals surface area contributed by atoms with Crippen LogP contribution in [0.3, 0.4) is 0 Å². The Bertz CT molecular complexity index is 480. The molecule has 0 aromatic rings. The minimum atomic E-state index is -0.865. The highest BCUT2D eigenvalue weighted by Gasteiger charge is 2.55. The van der Waals surface area contributed by atoms with E-state index in [4.69, 9.17) is 5.73 Å². The second-order valence-corrected chi connectivity index (χ2v) is 8.25. The maximum absolute atomic E-state index is 13.1. The SMILES string of the molecule is NC1C2CCC(C2)C1C(=O)N1C(C(=O)O)CSC1C1CC1. The summed E-state index contributed by atoms with van der Waals surface area (Å²) in [4.78, 5) is 26.3. The van der Waals surface area contributed by atoms with Crippen LogP contribution in [0.2, 0.25) is 0 Å². The van der Waals surface area contributed by atoms with Gasteiger partial charge in [0.15, 0.2) is 0 Å². The van der Waals surface area contributed by atoms with Gasteiger partial charge >= 0.3 is 5.97 Å². The highest BCUT2D eigenvalue weighted by atomic mass is 32.2. The van der Waals surface area contributed by atoms with Crippen LogP contribution in [0.5, 0.6) is 0 Å². The average Bonchev–Trinajstić information content (AvgIpc) is 2.92. The molecule has 4 fully saturated rings. The molecule has 0 aromatic carbocycles. The van der Waals surface area contributed by atoms with Crippen molar-refractivity contribution in [2.24, 2.45) is 29.4 Å². The lowest BCUT2D eigenvalue weighted by atomic mass is 9.83. The van der Waals surface area contributed by atoms with Gasteiger partial charge in [-0.2, -0.15) is 0 Å². The van der Waals surface area contributed by atoms with Crippen LogP contribution < -0.4 is 5.73 Å². The Morgan fingerprint density at radius 1 is 1.10 bits per heavy atom. The largest absolute Gasteiger partial charge is 0.480 e. The van der Waals surface area contributed by atoms with Crippen LogP contribution in [0.25, 0.3) is 0 Å². The lowest BCUT2D eigenvalue weighted by molar-refractivity contribution is -0.152. The second kappa shape index (κ2) is 4.88. The summed E-state index contributed by atoms with van der Waals surface area (Å²) in [5.41, 5.74) is 6.29. The minimum absolute atomic E-state index is 0.0315. The van der Waals surface area contributed by atoms with Crippen LogP contribution in [-0.2, 0) is 9.59 Å². The van der Waals surface area contributed by atoms with Crippen LogP contribution in [0.1, 0.15) is 32.1 Å². The third-order valence-corrected chi connectivity index (χ3v) is 7.33. The van der Waals surface area contributed by atoms with E-state index >= 15 is 0 Å². The van der Waals surface area contributed by atoms with Crippen molar-refractivity contribution >= 4 is 23.6 Å². The summed E-state index contributed by atoms with van der Waals surface area (Å²) in [6.45, 7) is 0. The molecule has 1 heterocycles. The van der Waals surface area contributed by atoms with Crippen molar-refractivity contribution in [3.63, 3.8) is 0 Å². The van der Waals surface area contributed by atoms with E-state index in [-0.39, 0.29) is 23.2 Å². The molecule has 1 saturated heterocycles. The van der Waals surface area contributed by atoms with Crippen LogP contribution in [0.15, 0.2) is 0 Å². The van der Waals surface area contributed by atoms with Crippen molar-refractivity contribution < 1.29 is 14.7 Å². The monoisotopic (exact) mass is 310 g/mol. The third kappa shape index (κ3) is 2.10. The van der Waals surface area contributed by atoms with Crippen molar-refractivity contribution in [2.75, 3.05) is 5.75 Å². The first-order valence-corrected chi connectivity index (χ1v) is 9.05. The van der Waals surface area contributed by atoms with E-state index in [0.717, 1.165) is 32.1 Å². The molecule has 0 radical (unpaired) electrons. The van der Waals surface area contributed by atoms with E-state index in [1.54, 1.807) is 16.7 Å². The Balaban J connectivity index is 1.59. The predicted molar refractivity (Wildman–Crippen MR) is 79.5 cm³/mol. The van der Waals surface area contributed by atoms with Crippen LogP contribution in [0.4, 0.5) is 0 Å². The third-order valence-electron chi connectivity index (χ3n) is 5.87. The number of hydrogen-bond donors (Lipinski definition) is 2. The molecule has 1 amide bonds. The van der Waals surface area contributed by atoms with Crippen molar-refractivity contribution in [1.82, 2.24) is 4.90 Å². The minimum Gasteiger partial charge on any atom is -0.480 e. The molecule has 21 heavy (non-hydrogen) atoms. The molecule has 4 rings (SSSR count). The van der Waals surface area contributed by atoms with E-state index in [2.05, 4.69) is 0 Å². The summed E-state index contributed by atoms with van der Waals surface area (Å²) in [5.74, 6) is 0.917. The van der Waals surface area contributed by atoms with Gasteiger partial charge in [-0.1, -0.05) is 0 Å². The summed E-state index contributed by atoms with van der Waals surface area (Å²) in [6, 6.07) is -0.712. The number of thioether (sulfide) groups is 1. The number of amides is 1. The Morgan fingerprint density at radius 3 is 2.33 bits per heavy atom. The molecule has 0 spiro atoms. The highest BCUT2D eigenvalue weighted by Crippen LogP contribution is 2.51. The zero-order chi connectivity index (χ0) is 14.7. The van der Waals surface area contributed by atoms with Crippen molar-refractivity contribution in [1.29, 1.82) is 0 Å². The van der Waals surface area contributed by atoms with Gasteiger partial charge < -0.3 is 15.7 Å². The van der Waals surface area contributed by atoms with Crippen LogP contribution in [0, 0.1) is 23.7 Å². The molecule has 3 saturated carbocycles. The first-order chi connectivity index (χ1) is 10.1. The van der Waals surface area contributed by atoms with Gasteiger partial charge in [-0.25, -0.2) is 4.79 Å². The van der Waals surface area contributed by atoms with Gasteiger partial charge in [0.25, 0.3) is 0 Å². The molecule has 6 heteroatoms. The molecule has 3 aliphatic carbocycles. The second-order valence-electron chi connectivity index (χ2n) is 7.10. The van der Waals surface area contributed by atoms with Crippen molar-refractivity contribution in [3.8, 4) is 0 Å². The number of hydrogen-bond acceptors (Lipinski definition) is 4. The number of rotatable bonds is 3. The van der Waals surface area contributed by atoms with E-state index < -0.39 is 12.0 Å². The number of carbonyl (C=O) groups is 2. The zero-order valence-corrected chi connectivity index (χ0v) is 12.8. The van der Waals surface area contributed by atoms with Gasteiger partial charge in [0, 0.05) is 11.8 Å². The summed E-state index contributed by atoms with van der Waals surface area (Å²) >= 11 is 1.65. The molecule has 6 unspecified atom stereocenters. The van der Waals surface area contributed by atoms with Crippen LogP contribution in [-0.4, -0.2) is 45.1 Å². The molecule has 1 aliphatic heterocycles. The number of nitrogens with two attached hydrogens (primary N) is 1. The number of nitrogens with zero attached hydrogens (tertiary/aromatic N) is 1. The summed E-state index contributed by atoms with van der Waals surface area (Å²) in [7, 11) is 0. The van der Waals surface area contributed by atoms with E-state index in [0.29, 0.717) is 23.5 Å². The fraction of sp³-hybridized carbons (Fsp3) is 0.867. The maximum Gasteiger partial charge on any atom is 0.327 e. The quantitative estimate of drug-likeness (QED) is 0.816. The molecule has 3 N–H and O–H groups in total. The van der Waals surface area contributed by atoms with Crippen LogP contribution >= 0.6 is 11.8 Å². The predicted octanol–water partition coefficient (Wildman–Crippen LogP) is 1.12. The lowest BCUT2D eigenvalue weighted by Gasteiger charge is -2.35. The van der Waals surface area contributed by atoms with E-state index in [1.165, 1.54) is 0 Å². The first kappa shape index (κ1) is 13.9. The molecule has 4 aliphatic rings. The topological polar surface area (TPSA) is 83.6 Å². The molecule has 2 bridgehead atoms. The fourth-order valence-electron chi connectivity index (χ4n) is 4.62. The Morgan fingerprint density at radius 2 is 1.76 bits per heavy atom. The van der Waals surface area contributed by atoms with Gasteiger partial charge in [0.1, 0.15) is 6.04 Å². The van der Waals surface area contributed by atoms with Crippen molar-refractivity contribution in [2.45, 2.75) is 49.6 Å². The van der Waals surface area contributed by atoms with Gasteiger partial charge in [0.2, 0.25) is 5.91 Å². The Labute approximate surface area is 128 Å². The molecule has 6 atom stereocenters. The number of aliphatic carboxylic acids is 1. The molecular formula is C15H22N2O3S. The molecule has 5 nitrogen and oxygen atoms in total. The molecule has 0 aromatic heterocycles. The summed E-state index contributed by atoms with van der Waals surface area (Å²) in [6.07, 6.45) is 5.53. The molecular weight excluding hydrogens is 288 g/mol. The van der Waals surface area contributed by atoms with Gasteiger partial charge in [0.05, 0.1) is 11.3 Å². The maximum atomic E-state index is 13.1. The number of fused-ring (bicyclic) bond motifs is 2. The average molecular weight is 310 g/mol. The standard InChI is InChI=1S/C15H22N2O3S/c16-12-9-4-3-8(5-9)11(12)13(18)17-10(15(19)20)6-21-14(17)7-1-2-7/h7-12,14H,1-6,16H2,(H,19,20). The molecule has 116 valence electrons. The fourth-order valence-corrected chi connectivity index (χ4v) is 6.25. The normalized spacial score (nSPS) is 45.3. The van der Waals surface area contributed by atoms with Gasteiger partial charge in [-0.3, -0.25) is 4.79 Å². The Hall–Kier alpha value is -0.750. The number of carboxylic acids is 1. The smallest absolute Gasteiger partial charge is 0.327 e. The van der Waals surface area contributed by atoms with E-state index in [9.17, 15) is 14.7 Å². The number of carboxylic acid groups (broad SMARTS) is 1. The summed E-state index contributed by atoms with van der Waals surface area (Å²) < 4.78 is 0. The highest BCUT2D eigenvalue weighted by molar-refractivity contribution is 8.00. The lowest BCUT2D eigenvalue weighted by Crippen LogP contribution is -2.53. The number of carbonyl (C=O) groups excluding carboxylic acids is 1.